The van der Waals surface area contributed by atoms with Crippen molar-refractivity contribution in [2.24, 2.45) is 0 Å². The maximum Gasteiger partial charge on any atom is 0.319 e. The van der Waals surface area contributed by atoms with E-state index in [-0.39, 0.29) is 11.6 Å². The molecule has 0 aromatic heterocycles. The van der Waals surface area contributed by atoms with Gasteiger partial charge in [0.2, 0.25) is 0 Å². The van der Waals surface area contributed by atoms with Crippen molar-refractivity contribution in [2.45, 2.75) is 57.9 Å². The number of benzene rings is 3. The first-order chi connectivity index (χ1) is 17.4. The zero-order chi connectivity index (χ0) is 25.5. The molecule has 0 saturated carbocycles. The van der Waals surface area contributed by atoms with E-state index >= 15 is 0 Å². The number of hydrogen-bond acceptors (Lipinski definition) is 3. The van der Waals surface area contributed by atoms with Crippen LogP contribution in [0.1, 0.15) is 63.5 Å². The third kappa shape index (κ3) is 6.08. The third-order valence-corrected chi connectivity index (χ3v) is 7.17. The molecule has 4 N–H and O–H groups in total. The van der Waals surface area contributed by atoms with Crippen molar-refractivity contribution < 1.29 is 4.79 Å². The van der Waals surface area contributed by atoms with Gasteiger partial charge in [-0.25, -0.2) is 4.79 Å². The molecule has 190 valence electrons. The van der Waals surface area contributed by atoms with Crippen LogP contribution in [0.25, 0.3) is 11.1 Å². The molecule has 0 atom stereocenters. The smallest absolute Gasteiger partial charge is 0.319 e. The van der Waals surface area contributed by atoms with Crippen molar-refractivity contribution in [1.29, 1.82) is 0 Å². The molecule has 1 heterocycles. The summed E-state index contributed by atoms with van der Waals surface area (Å²) in [6.07, 6.45) is 1.85. The summed E-state index contributed by atoms with van der Waals surface area (Å²) in [5.74, 6) is 0.650. The Morgan fingerprint density at radius 3 is 2.08 bits per heavy atom. The minimum atomic E-state index is -0.230. The molecule has 1 fully saturated rings. The van der Waals surface area contributed by atoms with E-state index in [1.807, 2.05) is 6.07 Å². The summed E-state index contributed by atoms with van der Waals surface area (Å²) in [5, 5.41) is 13.7. The minimum absolute atomic E-state index is 0.152. The van der Waals surface area contributed by atoms with E-state index in [0.717, 1.165) is 37.3 Å². The molecule has 3 aromatic rings. The van der Waals surface area contributed by atoms with Crippen molar-refractivity contribution in [2.75, 3.05) is 30.3 Å². The number of rotatable bonds is 8. The van der Waals surface area contributed by atoms with Gasteiger partial charge in [0.25, 0.3) is 0 Å². The van der Waals surface area contributed by atoms with E-state index in [0.29, 0.717) is 18.4 Å². The van der Waals surface area contributed by atoms with Crippen LogP contribution in [0.15, 0.2) is 72.8 Å². The van der Waals surface area contributed by atoms with E-state index in [1.54, 1.807) is 0 Å². The van der Waals surface area contributed by atoms with Gasteiger partial charge in [0.1, 0.15) is 0 Å². The third-order valence-electron chi connectivity index (χ3n) is 7.17. The van der Waals surface area contributed by atoms with Crippen molar-refractivity contribution in [3.63, 3.8) is 0 Å². The van der Waals surface area contributed by atoms with Gasteiger partial charge in [-0.05, 0) is 60.5 Å². The highest BCUT2D eigenvalue weighted by Crippen LogP contribution is 2.34. The number of hydrogen-bond donors (Lipinski definition) is 4. The van der Waals surface area contributed by atoms with Crippen molar-refractivity contribution in [1.82, 2.24) is 10.6 Å². The Morgan fingerprint density at radius 1 is 0.833 bits per heavy atom. The molecule has 0 spiro atoms. The molecule has 1 saturated heterocycles. The fourth-order valence-corrected chi connectivity index (χ4v) is 5.10. The van der Waals surface area contributed by atoms with Crippen LogP contribution >= 0.6 is 0 Å². The van der Waals surface area contributed by atoms with Crippen LogP contribution in [0.4, 0.5) is 16.2 Å². The molecule has 1 aliphatic rings. The lowest BCUT2D eigenvalue weighted by molar-refractivity contribution is 0.246. The molecule has 4 rings (SSSR count). The van der Waals surface area contributed by atoms with Crippen molar-refractivity contribution in [3.05, 3.63) is 83.9 Å². The predicted molar refractivity (Wildman–Crippen MR) is 152 cm³/mol. The summed E-state index contributed by atoms with van der Waals surface area (Å²) < 4.78 is 0. The van der Waals surface area contributed by atoms with Gasteiger partial charge in [-0.15, -0.1) is 0 Å². The first-order valence-electron chi connectivity index (χ1n) is 13.2. The standard InChI is InChI=1S/C31H40N4O/c1-22(2)25-14-10-15-26(23(3)4)29(25)34-30(36)33-21-31(17-19-32-20-18-31)35-28-16-9-8-13-27(28)24-11-6-5-7-12-24/h5-16,22-23,32,35H,17-21H2,1-4H3,(H2,33,34,36). The monoisotopic (exact) mass is 484 g/mol. The highest BCUT2D eigenvalue weighted by Gasteiger charge is 2.33. The van der Waals surface area contributed by atoms with Crippen LogP contribution in [0.5, 0.6) is 0 Å². The van der Waals surface area contributed by atoms with E-state index in [1.165, 1.54) is 22.3 Å². The zero-order valence-corrected chi connectivity index (χ0v) is 22.0. The number of urea groups is 1. The van der Waals surface area contributed by atoms with Gasteiger partial charge in [-0.3, -0.25) is 0 Å². The van der Waals surface area contributed by atoms with Gasteiger partial charge < -0.3 is 21.3 Å². The van der Waals surface area contributed by atoms with Gasteiger partial charge >= 0.3 is 6.03 Å². The van der Waals surface area contributed by atoms with Gasteiger partial charge in [-0.2, -0.15) is 0 Å². The molecule has 1 aliphatic heterocycles. The van der Waals surface area contributed by atoms with Gasteiger partial charge in [0.15, 0.2) is 0 Å². The topological polar surface area (TPSA) is 65.2 Å². The van der Waals surface area contributed by atoms with Gasteiger partial charge in [-0.1, -0.05) is 94.4 Å². The molecule has 2 amide bonds. The van der Waals surface area contributed by atoms with Crippen LogP contribution in [0.2, 0.25) is 0 Å². The first-order valence-corrected chi connectivity index (χ1v) is 13.2. The average molecular weight is 485 g/mol. The fraction of sp³-hybridized carbons (Fsp3) is 0.387. The number of carbonyl (C=O) groups is 1. The summed E-state index contributed by atoms with van der Waals surface area (Å²) in [6.45, 7) is 11.0. The van der Waals surface area contributed by atoms with Gasteiger partial charge in [0, 0.05) is 23.5 Å². The Hall–Kier alpha value is -3.31. The molecule has 36 heavy (non-hydrogen) atoms. The second-order valence-corrected chi connectivity index (χ2v) is 10.5. The van der Waals surface area contributed by atoms with Gasteiger partial charge in [0.05, 0.1) is 5.54 Å². The summed E-state index contributed by atoms with van der Waals surface area (Å²) in [6, 6.07) is 25.1. The highest BCUT2D eigenvalue weighted by atomic mass is 16.2. The van der Waals surface area contributed by atoms with Crippen LogP contribution in [0, 0.1) is 0 Å². The molecule has 0 radical (unpaired) electrons. The van der Waals surface area contributed by atoms with E-state index in [2.05, 4.69) is 116 Å². The normalized spacial score (nSPS) is 15.1. The molecule has 5 heteroatoms. The number of anilines is 2. The van der Waals surface area contributed by atoms with Crippen LogP contribution in [0.3, 0.4) is 0 Å². The van der Waals surface area contributed by atoms with Crippen LogP contribution in [-0.2, 0) is 0 Å². The van der Waals surface area contributed by atoms with Crippen molar-refractivity contribution in [3.8, 4) is 11.1 Å². The maximum atomic E-state index is 13.2. The summed E-state index contributed by atoms with van der Waals surface area (Å²) in [4.78, 5) is 13.2. The molecule has 0 aliphatic carbocycles. The molecule has 3 aromatic carbocycles. The molecular formula is C31H40N4O. The molecular weight excluding hydrogens is 444 g/mol. The van der Waals surface area contributed by atoms with Crippen LogP contribution in [-0.4, -0.2) is 31.2 Å². The molecule has 0 unspecified atom stereocenters. The summed E-state index contributed by atoms with van der Waals surface area (Å²) >= 11 is 0. The highest BCUT2D eigenvalue weighted by molar-refractivity contribution is 5.91. The molecule has 0 bridgehead atoms. The summed E-state index contributed by atoms with van der Waals surface area (Å²) in [5.41, 5.74) is 6.51. The Labute approximate surface area is 216 Å². The lowest BCUT2D eigenvalue weighted by Crippen LogP contribution is -2.55. The molecule has 5 nitrogen and oxygen atoms in total. The number of nitrogens with one attached hydrogen (secondary N) is 4. The number of piperidine rings is 1. The lowest BCUT2D eigenvalue weighted by atomic mass is 9.87. The average Bonchev–Trinajstić information content (AvgIpc) is 2.89. The largest absolute Gasteiger partial charge is 0.377 e. The summed E-state index contributed by atoms with van der Waals surface area (Å²) in [7, 11) is 0. The van der Waals surface area contributed by atoms with Crippen molar-refractivity contribution >= 4 is 17.4 Å². The van der Waals surface area contributed by atoms with Crippen LogP contribution < -0.4 is 21.3 Å². The number of carbonyl (C=O) groups excluding carboxylic acids is 1. The van der Waals surface area contributed by atoms with E-state index < -0.39 is 0 Å². The second kappa shape index (κ2) is 11.6. The Balaban J connectivity index is 1.53. The Kier molecular flexibility index (Phi) is 8.32. The minimum Gasteiger partial charge on any atom is -0.377 e. The maximum absolute atomic E-state index is 13.2. The fourth-order valence-electron chi connectivity index (χ4n) is 5.10. The first kappa shape index (κ1) is 25.8. The Morgan fingerprint density at radius 2 is 1.44 bits per heavy atom. The number of amides is 2. The lowest BCUT2D eigenvalue weighted by Gasteiger charge is -2.40. The van der Waals surface area contributed by atoms with E-state index in [9.17, 15) is 4.79 Å². The number of para-hydroxylation sites is 2. The van der Waals surface area contributed by atoms with E-state index in [4.69, 9.17) is 0 Å². The quantitative estimate of drug-likeness (QED) is 0.280. The predicted octanol–water partition coefficient (Wildman–Crippen LogP) is 6.96. The zero-order valence-electron chi connectivity index (χ0n) is 22.0. The Bertz CT molecular complexity index is 1120. The SMILES string of the molecule is CC(C)c1cccc(C(C)C)c1NC(=O)NCC1(Nc2ccccc2-c2ccccc2)CCNCC1. The second-order valence-electron chi connectivity index (χ2n) is 10.5.